The maximum atomic E-state index is 12.1. The molecule has 114 valence electrons. The lowest BCUT2D eigenvalue weighted by atomic mass is 10.1. The summed E-state index contributed by atoms with van der Waals surface area (Å²) in [6.45, 7) is 0.544. The highest BCUT2D eigenvalue weighted by Crippen LogP contribution is 2.18. The first-order valence-electron chi connectivity index (χ1n) is 7.29. The van der Waals surface area contributed by atoms with Crippen molar-refractivity contribution in [3.05, 3.63) is 54.2 Å². The first kappa shape index (κ1) is 14.3. The summed E-state index contributed by atoms with van der Waals surface area (Å²) in [5, 5.41) is 3.97. The Bertz CT molecular complexity index is 747. The minimum atomic E-state index is -0.555. The summed E-state index contributed by atoms with van der Waals surface area (Å²) in [5.74, 6) is -0.134. The topological polar surface area (TPSA) is 99.6 Å². The van der Waals surface area contributed by atoms with E-state index in [2.05, 4.69) is 20.3 Å². The van der Waals surface area contributed by atoms with Gasteiger partial charge >= 0.3 is 0 Å². The third kappa shape index (κ3) is 3.17. The van der Waals surface area contributed by atoms with Crippen LogP contribution in [0.1, 0.15) is 11.3 Å². The van der Waals surface area contributed by atoms with Crippen LogP contribution in [0.15, 0.2) is 43.0 Å². The van der Waals surface area contributed by atoms with E-state index >= 15 is 0 Å². The van der Waals surface area contributed by atoms with Crippen molar-refractivity contribution in [2.45, 2.75) is 18.9 Å². The Morgan fingerprint density at radius 3 is 3.00 bits per heavy atom. The van der Waals surface area contributed by atoms with E-state index < -0.39 is 6.04 Å². The number of amides is 1. The van der Waals surface area contributed by atoms with Gasteiger partial charge in [-0.2, -0.15) is 0 Å². The monoisotopic (exact) mass is 297 g/mol. The van der Waals surface area contributed by atoms with E-state index in [0.29, 0.717) is 19.4 Å². The lowest BCUT2D eigenvalue weighted by Gasteiger charge is -2.11. The fourth-order valence-corrected chi connectivity index (χ4v) is 2.50. The van der Waals surface area contributed by atoms with E-state index in [4.69, 9.17) is 5.73 Å². The normalized spacial score (nSPS) is 12.4. The Balaban J connectivity index is 1.54. The molecule has 0 saturated heterocycles. The molecule has 1 amide bonds. The highest BCUT2D eigenvalue weighted by Gasteiger charge is 2.15. The van der Waals surface area contributed by atoms with Gasteiger partial charge in [-0.15, -0.1) is 0 Å². The number of para-hydroxylation sites is 1. The zero-order valence-corrected chi connectivity index (χ0v) is 12.2. The summed E-state index contributed by atoms with van der Waals surface area (Å²) in [7, 11) is 0. The summed E-state index contributed by atoms with van der Waals surface area (Å²) >= 11 is 0. The fourth-order valence-electron chi connectivity index (χ4n) is 2.50. The molecule has 0 bridgehead atoms. The maximum Gasteiger partial charge on any atom is 0.237 e. The van der Waals surface area contributed by atoms with Gasteiger partial charge in [-0.1, -0.05) is 18.2 Å². The van der Waals surface area contributed by atoms with Crippen molar-refractivity contribution in [1.29, 1.82) is 0 Å². The van der Waals surface area contributed by atoms with Gasteiger partial charge in [0, 0.05) is 42.0 Å². The van der Waals surface area contributed by atoms with Crippen molar-refractivity contribution in [2.75, 3.05) is 6.54 Å². The third-order valence-corrected chi connectivity index (χ3v) is 3.70. The molecular formula is C16H19N5O. The number of hydrogen-bond donors (Lipinski definition) is 4. The van der Waals surface area contributed by atoms with E-state index in [0.717, 1.165) is 22.2 Å². The predicted molar refractivity (Wildman–Crippen MR) is 85.3 cm³/mol. The molecular weight excluding hydrogens is 278 g/mol. The van der Waals surface area contributed by atoms with Crippen LogP contribution in [-0.2, 0) is 17.6 Å². The zero-order valence-electron chi connectivity index (χ0n) is 12.2. The third-order valence-electron chi connectivity index (χ3n) is 3.70. The molecule has 2 heterocycles. The van der Waals surface area contributed by atoms with E-state index in [1.165, 1.54) is 0 Å². The quantitative estimate of drug-likeness (QED) is 0.548. The van der Waals surface area contributed by atoms with Crippen LogP contribution >= 0.6 is 0 Å². The van der Waals surface area contributed by atoms with E-state index in [1.807, 2.05) is 30.5 Å². The van der Waals surface area contributed by atoms with Crippen molar-refractivity contribution >= 4 is 16.8 Å². The number of nitrogens with one attached hydrogen (secondary N) is 3. The minimum Gasteiger partial charge on any atom is -0.361 e. The largest absolute Gasteiger partial charge is 0.361 e. The summed E-state index contributed by atoms with van der Waals surface area (Å²) in [6, 6.07) is 7.44. The SMILES string of the molecule is N[C@H](Cc1c[nH]c2ccccc12)C(=O)NCCc1cnc[nH]1. The number of aromatic amines is 2. The molecule has 2 aromatic heterocycles. The molecule has 0 radical (unpaired) electrons. The second kappa shape index (κ2) is 6.44. The molecule has 0 saturated carbocycles. The van der Waals surface area contributed by atoms with Gasteiger partial charge in [0.25, 0.3) is 0 Å². The first-order valence-corrected chi connectivity index (χ1v) is 7.29. The second-order valence-corrected chi connectivity index (χ2v) is 5.29. The van der Waals surface area contributed by atoms with Gasteiger partial charge in [0.2, 0.25) is 5.91 Å². The summed E-state index contributed by atoms with van der Waals surface area (Å²) < 4.78 is 0. The Morgan fingerprint density at radius 2 is 2.18 bits per heavy atom. The van der Waals surface area contributed by atoms with E-state index in [1.54, 1.807) is 12.5 Å². The number of nitrogens with zero attached hydrogens (tertiary/aromatic N) is 1. The van der Waals surface area contributed by atoms with Crippen LogP contribution in [0.4, 0.5) is 0 Å². The standard InChI is InChI=1S/C16H19N5O/c17-14(16(22)19-6-5-12-9-18-10-21-12)7-11-8-20-15-4-2-1-3-13(11)15/h1-4,8-10,14,20H,5-7,17H2,(H,18,21)(H,19,22)/t14-/m1/s1. The fraction of sp³-hybridized carbons (Fsp3) is 0.250. The maximum absolute atomic E-state index is 12.1. The zero-order chi connectivity index (χ0) is 15.4. The number of nitrogens with two attached hydrogens (primary N) is 1. The Labute approximate surface area is 128 Å². The van der Waals surface area contributed by atoms with Crippen molar-refractivity contribution in [2.24, 2.45) is 5.73 Å². The number of H-pyrrole nitrogens is 2. The van der Waals surface area contributed by atoms with Crippen LogP contribution in [0.5, 0.6) is 0 Å². The second-order valence-electron chi connectivity index (χ2n) is 5.29. The molecule has 0 aliphatic rings. The average molecular weight is 297 g/mol. The molecule has 0 aliphatic heterocycles. The highest BCUT2D eigenvalue weighted by atomic mass is 16.2. The number of carbonyl (C=O) groups excluding carboxylic acids is 1. The van der Waals surface area contributed by atoms with E-state index in [9.17, 15) is 4.79 Å². The molecule has 0 aliphatic carbocycles. The summed E-state index contributed by atoms with van der Waals surface area (Å²) in [4.78, 5) is 22.2. The van der Waals surface area contributed by atoms with Gasteiger partial charge in [0.1, 0.15) is 0 Å². The van der Waals surface area contributed by atoms with Gasteiger partial charge < -0.3 is 21.0 Å². The first-order chi connectivity index (χ1) is 10.7. The van der Waals surface area contributed by atoms with Crippen molar-refractivity contribution in [3.63, 3.8) is 0 Å². The molecule has 3 aromatic rings. The molecule has 22 heavy (non-hydrogen) atoms. The van der Waals surface area contributed by atoms with Crippen LogP contribution in [0.2, 0.25) is 0 Å². The number of rotatable bonds is 6. The Kier molecular flexibility index (Phi) is 4.20. The molecule has 0 spiro atoms. The van der Waals surface area contributed by atoms with Crippen LogP contribution < -0.4 is 11.1 Å². The van der Waals surface area contributed by atoms with Gasteiger partial charge in [-0.05, 0) is 18.1 Å². The molecule has 6 heteroatoms. The number of imidazole rings is 1. The number of aromatic nitrogens is 3. The molecule has 0 unspecified atom stereocenters. The Morgan fingerprint density at radius 1 is 1.32 bits per heavy atom. The number of fused-ring (bicyclic) bond motifs is 1. The van der Waals surface area contributed by atoms with Crippen LogP contribution in [0.3, 0.4) is 0 Å². The van der Waals surface area contributed by atoms with Gasteiger partial charge in [-0.25, -0.2) is 4.98 Å². The van der Waals surface area contributed by atoms with Crippen LogP contribution in [0, 0.1) is 0 Å². The highest BCUT2D eigenvalue weighted by molar-refractivity contribution is 5.86. The summed E-state index contributed by atoms with van der Waals surface area (Å²) in [5.41, 5.74) is 9.13. The predicted octanol–water partition coefficient (Wildman–Crippen LogP) is 1.12. The summed E-state index contributed by atoms with van der Waals surface area (Å²) in [6.07, 6.45) is 6.52. The number of benzene rings is 1. The van der Waals surface area contributed by atoms with Gasteiger partial charge in [0.15, 0.2) is 0 Å². The lowest BCUT2D eigenvalue weighted by Crippen LogP contribution is -2.42. The van der Waals surface area contributed by atoms with Crippen LogP contribution in [0.25, 0.3) is 10.9 Å². The van der Waals surface area contributed by atoms with E-state index in [-0.39, 0.29) is 5.91 Å². The smallest absolute Gasteiger partial charge is 0.237 e. The van der Waals surface area contributed by atoms with Crippen molar-refractivity contribution < 1.29 is 4.79 Å². The molecule has 0 fully saturated rings. The number of hydrogen-bond acceptors (Lipinski definition) is 3. The lowest BCUT2D eigenvalue weighted by molar-refractivity contribution is -0.122. The van der Waals surface area contributed by atoms with Crippen molar-refractivity contribution in [3.8, 4) is 0 Å². The van der Waals surface area contributed by atoms with Gasteiger partial charge in [-0.3, -0.25) is 4.79 Å². The van der Waals surface area contributed by atoms with Gasteiger partial charge in [0.05, 0.1) is 12.4 Å². The van der Waals surface area contributed by atoms with Crippen LogP contribution in [-0.4, -0.2) is 33.4 Å². The molecule has 5 N–H and O–H groups in total. The minimum absolute atomic E-state index is 0.134. The molecule has 1 aromatic carbocycles. The molecule has 6 nitrogen and oxygen atoms in total. The Hall–Kier alpha value is -2.60. The number of carbonyl (C=O) groups is 1. The molecule has 1 atom stereocenters. The average Bonchev–Trinajstić information content (AvgIpc) is 3.17. The molecule has 3 rings (SSSR count). The van der Waals surface area contributed by atoms with Crippen molar-refractivity contribution in [1.82, 2.24) is 20.3 Å².